The largest absolute Gasteiger partial charge is 0.387 e. The lowest BCUT2D eigenvalue weighted by Crippen LogP contribution is -2.61. The van der Waals surface area contributed by atoms with Crippen molar-refractivity contribution in [2.24, 2.45) is 0 Å². The number of likely N-dealkylation sites (tertiary alicyclic amines) is 1. The summed E-state index contributed by atoms with van der Waals surface area (Å²) in [5.74, 6) is -0.0104. The van der Waals surface area contributed by atoms with E-state index in [2.05, 4.69) is 39.0 Å². The maximum Gasteiger partial charge on any atom is 0.243 e. The Hall–Kier alpha value is -1.16. The van der Waals surface area contributed by atoms with Crippen molar-refractivity contribution in [2.75, 3.05) is 13.1 Å². The molecule has 1 aliphatic heterocycles. The number of halogens is 1. The highest BCUT2D eigenvalue weighted by Crippen LogP contribution is 2.32. The molecule has 1 aliphatic rings. The lowest BCUT2D eigenvalue weighted by atomic mass is 9.88. The molecule has 1 unspecified atom stereocenters. The minimum atomic E-state index is -1.02. The van der Waals surface area contributed by atoms with Crippen LogP contribution in [-0.2, 0) is 11.3 Å². The first-order chi connectivity index (χ1) is 13.4. The molecule has 3 rings (SSSR count). The third-order valence-corrected chi connectivity index (χ3v) is 6.79. The first kappa shape index (κ1) is 21.5. The number of benzene rings is 1. The lowest BCUT2D eigenvalue weighted by molar-refractivity contribution is -0.137. The SMILES string of the molecule is C[C@](NCc1cccc(I)c1)(C(=O)N1CCCC1)C(S)[C@H](O)c1ccncc1. The Balaban J connectivity index is 1.85. The molecule has 0 aliphatic carbocycles. The number of nitrogens with one attached hydrogen (secondary N) is 1. The molecule has 7 heteroatoms. The highest BCUT2D eigenvalue weighted by atomic mass is 127. The maximum absolute atomic E-state index is 13.4. The molecule has 28 heavy (non-hydrogen) atoms. The van der Waals surface area contributed by atoms with Crippen molar-refractivity contribution in [2.45, 2.75) is 43.2 Å². The molecular formula is C21H26IN3O2S. The highest BCUT2D eigenvalue weighted by molar-refractivity contribution is 14.1. The third kappa shape index (κ3) is 4.87. The normalized spacial score (nSPS) is 18.5. The van der Waals surface area contributed by atoms with E-state index in [1.165, 1.54) is 0 Å². The Morgan fingerprint density at radius 3 is 2.64 bits per heavy atom. The van der Waals surface area contributed by atoms with E-state index in [0.29, 0.717) is 12.1 Å². The molecule has 1 aromatic carbocycles. The van der Waals surface area contributed by atoms with E-state index < -0.39 is 16.9 Å². The first-order valence-corrected chi connectivity index (χ1v) is 11.1. The number of aromatic nitrogens is 1. The molecule has 0 spiro atoms. The summed E-state index contributed by atoms with van der Waals surface area (Å²) < 4.78 is 1.14. The monoisotopic (exact) mass is 511 g/mol. The Morgan fingerprint density at radius 1 is 1.32 bits per heavy atom. The second-order valence-corrected chi connectivity index (χ2v) is 9.16. The van der Waals surface area contributed by atoms with Gasteiger partial charge >= 0.3 is 0 Å². The Labute approximate surface area is 185 Å². The van der Waals surface area contributed by atoms with Gasteiger partial charge in [0, 0.05) is 35.6 Å². The number of thiol groups is 1. The van der Waals surface area contributed by atoms with Gasteiger partial charge in [0.1, 0.15) is 5.54 Å². The Bertz CT molecular complexity index is 801. The number of hydrogen-bond acceptors (Lipinski definition) is 5. The van der Waals surface area contributed by atoms with Gasteiger partial charge < -0.3 is 10.0 Å². The van der Waals surface area contributed by atoms with Gasteiger partial charge in [-0.2, -0.15) is 12.6 Å². The molecule has 3 atom stereocenters. The summed E-state index contributed by atoms with van der Waals surface area (Å²) in [6.45, 7) is 3.88. The molecule has 2 aromatic rings. The van der Waals surface area contributed by atoms with Crippen molar-refractivity contribution in [3.63, 3.8) is 0 Å². The van der Waals surface area contributed by atoms with Gasteiger partial charge in [0.2, 0.25) is 5.91 Å². The molecule has 2 heterocycles. The van der Waals surface area contributed by atoms with Crippen molar-refractivity contribution in [1.29, 1.82) is 0 Å². The first-order valence-electron chi connectivity index (χ1n) is 9.47. The van der Waals surface area contributed by atoms with Crippen LogP contribution >= 0.6 is 35.2 Å². The summed E-state index contributed by atoms with van der Waals surface area (Å²) in [5.41, 5.74) is 0.773. The number of carbonyl (C=O) groups excluding carboxylic acids is 1. The summed E-state index contributed by atoms with van der Waals surface area (Å²) in [4.78, 5) is 19.3. The number of carbonyl (C=O) groups is 1. The fourth-order valence-electron chi connectivity index (χ4n) is 3.55. The van der Waals surface area contributed by atoms with Crippen molar-refractivity contribution in [3.05, 3.63) is 63.5 Å². The zero-order valence-electron chi connectivity index (χ0n) is 15.9. The van der Waals surface area contributed by atoms with Crippen molar-refractivity contribution in [3.8, 4) is 0 Å². The van der Waals surface area contributed by atoms with Gasteiger partial charge in [0.05, 0.1) is 11.4 Å². The third-order valence-electron chi connectivity index (χ3n) is 5.32. The summed E-state index contributed by atoms with van der Waals surface area (Å²) >= 11 is 7.01. The zero-order chi connectivity index (χ0) is 20.1. The average Bonchev–Trinajstić information content (AvgIpc) is 3.26. The van der Waals surface area contributed by atoms with Gasteiger partial charge in [-0.25, -0.2) is 0 Å². The fourth-order valence-corrected chi connectivity index (χ4v) is 4.53. The fraction of sp³-hybridized carbons (Fsp3) is 0.429. The van der Waals surface area contributed by atoms with Crippen LogP contribution < -0.4 is 5.32 Å². The maximum atomic E-state index is 13.4. The standard InChI is InChI=1S/C21H26IN3O2S/c1-21(20(27)25-11-2-3-12-25,24-14-15-5-4-6-17(22)13-15)19(28)18(26)16-7-9-23-10-8-16/h4-10,13,18-19,24,26,28H,2-3,11-12,14H2,1H3/t18-,19?,21-/m1/s1. The van der Waals surface area contributed by atoms with Gasteiger partial charge in [-0.15, -0.1) is 0 Å². The highest BCUT2D eigenvalue weighted by Gasteiger charge is 2.45. The molecule has 0 saturated carbocycles. The van der Waals surface area contributed by atoms with Gasteiger partial charge in [-0.05, 0) is 77.7 Å². The number of pyridine rings is 1. The van der Waals surface area contributed by atoms with E-state index in [4.69, 9.17) is 12.6 Å². The number of nitrogens with zero attached hydrogens (tertiary/aromatic N) is 2. The number of hydrogen-bond donors (Lipinski definition) is 3. The van der Waals surface area contributed by atoms with Crippen LogP contribution in [0.25, 0.3) is 0 Å². The number of aliphatic hydroxyl groups excluding tert-OH is 1. The van der Waals surface area contributed by atoms with E-state index in [1.807, 2.05) is 30.0 Å². The van der Waals surface area contributed by atoms with E-state index in [9.17, 15) is 9.90 Å². The van der Waals surface area contributed by atoms with Gasteiger partial charge in [0.25, 0.3) is 0 Å². The smallest absolute Gasteiger partial charge is 0.243 e. The van der Waals surface area contributed by atoms with E-state index >= 15 is 0 Å². The summed E-state index contributed by atoms with van der Waals surface area (Å²) in [6, 6.07) is 11.7. The Morgan fingerprint density at radius 2 is 2.00 bits per heavy atom. The van der Waals surface area contributed by atoms with Crippen LogP contribution in [0, 0.1) is 3.57 Å². The topological polar surface area (TPSA) is 65.5 Å². The summed E-state index contributed by atoms with van der Waals surface area (Å²) in [5, 5.41) is 13.7. The van der Waals surface area contributed by atoms with Crippen molar-refractivity contribution < 1.29 is 9.90 Å². The quantitative estimate of drug-likeness (QED) is 0.395. The minimum Gasteiger partial charge on any atom is -0.387 e. The molecule has 150 valence electrons. The number of amides is 1. The second kappa shape index (κ2) is 9.56. The molecule has 2 N–H and O–H groups in total. The molecule has 0 bridgehead atoms. The van der Waals surface area contributed by atoms with Gasteiger partial charge in [-0.1, -0.05) is 12.1 Å². The van der Waals surface area contributed by atoms with Crippen LogP contribution in [0.2, 0.25) is 0 Å². The summed E-state index contributed by atoms with van der Waals surface area (Å²) in [7, 11) is 0. The predicted molar refractivity (Wildman–Crippen MR) is 122 cm³/mol. The van der Waals surface area contributed by atoms with Crippen LogP contribution in [0.4, 0.5) is 0 Å². The van der Waals surface area contributed by atoms with Crippen molar-refractivity contribution in [1.82, 2.24) is 15.2 Å². The molecular weight excluding hydrogens is 485 g/mol. The molecule has 0 radical (unpaired) electrons. The van der Waals surface area contributed by atoms with Crippen LogP contribution in [0.5, 0.6) is 0 Å². The molecule has 1 aromatic heterocycles. The minimum absolute atomic E-state index is 0.0104. The van der Waals surface area contributed by atoms with Gasteiger partial charge in [0.15, 0.2) is 0 Å². The van der Waals surface area contributed by atoms with Gasteiger partial charge in [-0.3, -0.25) is 15.1 Å². The van der Waals surface area contributed by atoms with Crippen molar-refractivity contribution >= 4 is 41.1 Å². The van der Waals surface area contributed by atoms with Crippen LogP contribution in [-0.4, -0.2) is 44.8 Å². The molecule has 1 saturated heterocycles. The lowest BCUT2D eigenvalue weighted by Gasteiger charge is -2.39. The van der Waals surface area contributed by atoms with E-state index in [1.54, 1.807) is 24.5 Å². The number of aliphatic hydroxyl groups is 1. The summed E-state index contributed by atoms with van der Waals surface area (Å²) in [6.07, 6.45) is 4.41. The van der Waals surface area contributed by atoms with E-state index in [-0.39, 0.29) is 5.91 Å². The number of rotatable bonds is 7. The van der Waals surface area contributed by atoms with Crippen LogP contribution in [0.3, 0.4) is 0 Å². The molecule has 5 nitrogen and oxygen atoms in total. The molecule has 1 amide bonds. The Kier molecular flexibility index (Phi) is 7.36. The second-order valence-electron chi connectivity index (χ2n) is 7.36. The van der Waals surface area contributed by atoms with Crippen LogP contribution in [0.15, 0.2) is 48.8 Å². The van der Waals surface area contributed by atoms with E-state index in [0.717, 1.165) is 35.1 Å². The predicted octanol–water partition coefficient (Wildman–Crippen LogP) is 3.19. The van der Waals surface area contributed by atoms with Crippen LogP contribution in [0.1, 0.15) is 37.0 Å². The average molecular weight is 511 g/mol. The molecule has 1 fully saturated rings. The zero-order valence-corrected chi connectivity index (χ0v) is 18.9.